The zero-order valence-electron chi connectivity index (χ0n) is 18.7. The van der Waals surface area contributed by atoms with Gasteiger partial charge in [-0.25, -0.2) is 0 Å². The van der Waals surface area contributed by atoms with E-state index in [4.69, 9.17) is 0 Å². The van der Waals surface area contributed by atoms with E-state index in [-0.39, 0.29) is 0 Å². The van der Waals surface area contributed by atoms with Crippen molar-refractivity contribution in [3.8, 4) is 22.3 Å². The van der Waals surface area contributed by atoms with Gasteiger partial charge in [0.05, 0.1) is 0 Å². The molecule has 1 heteroatoms. The SMILES string of the molecule is Cc1ccc2c(c1)-c1cc(-c3ccc(N(c4ccccc4)c4ccccc4)cc3)ccc1C2. The molecule has 0 aliphatic heterocycles. The maximum atomic E-state index is 2.36. The van der Waals surface area contributed by atoms with Crippen LogP contribution in [0.4, 0.5) is 17.1 Å². The molecular formula is C32H25N. The van der Waals surface area contributed by atoms with Crippen molar-refractivity contribution in [1.82, 2.24) is 0 Å². The van der Waals surface area contributed by atoms with Crippen LogP contribution >= 0.6 is 0 Å². The molecule has 0 spiro atoms. The molecule has 33 heavy (non-hydrogen) atoms. The molecule has 0 aromatic heterocycles. The van der Waals surface area contributed by atoms with Gasteiger partial charge in [-0.1, -0.05) is 84.4 Å². The highest BCUT2D eigenvalue weighted by atomic mass is 15.1. The highest BCUT2D eigenvalue weighted by Gasteiger charge is 2.19. The molecule has 1 aliphatic rings. The fraction of sp³-hybridized carbons (Fsp3) is 0.0625. The first kappa shape index (κ1) is 19.6. The molecule has 0 heterocycles. The van der Waals surface area contributed by atoms with E-state index in [1.165, 1.54) is 38.9 Å². The second-order valence-corrected chi connectivity index (χ2v) is 8.76. The van der Waals surface area contributed by atoms with Gasteiger partial charge < -0.3 is 4.90 Å². The molecule has 5 aromatic rings. The fourth-order valence-electron chi connectivity index (χ4n) is 4.87. The second-order valence-electron chi connectivity index (χ2n) is 8.76. The minimum absolute atomic E-state index is 1.03. The highest BCUT2D eigenvalue weighted by Crippen LogP contribution is 2.40. The van der Waals surface area contributed by atoms with Crippen LogP contribution in [0, 0.1) is 6.92 Å². The van der Waals surface area contributed by atoms with E-state index in [2.05, 4.69) is 133 Å². The summed E-state index contributed by atoms with van der Waals surface area (Å²) >= 11 is 0. The predicted octanol–water partition coefficient (Wildman–Crippen LogP) is 8.70. The van der Waals surface area contributed by atoms with Crippen molar-refractivity contribution < 1.29 is 0 Å². The van der Waals surface area contributed by atoms with Crippen LogP contribution < -0.4 is 4.90 Å². The Morgan fingerprint density at radius 1 is 0.485 bits per heavy atom. The Balaban J connectivity index is 1.38. The van der Waals surface area contributed by atoms with Crippen LogP contribution in [-0.2, 0) is 6.42 Å². The first-order chi connectivity index (χ1) is 16.3. The molecule has 0 atom stereocenters. The van der Waals surface area contributed by atoms with Gasteiger partial charge >= 0.3 is 0 Å². The van der Waals surface area contributed by atoms with Crippen molar-refractivity contribution >= 4 is 17.1 Å². The average molecular weight is 424 g/mol. The number of benzene rings is 5. The van der Waals surface area contributed by atoms with E-state index in [1.807, 2.05) is 0 Å². The Morgan fingerprint density at radius 2 is 1.00 bits per heavy atom. The van der Waals surface area contributed by atoms with Crippen LogP contribution in [0.5, 0.6) is 0 Å². The molecule has 0 saturated carbocycles. The number of hydrogen-bond donors (Lipinski definition) is 0. The van der Waals surface area contributed by atoms with Crippen LogP contribution in [0.3, 0.4) is 0 Å². The monoisotopic (exact) mass is 423 g/mol. The lowest BCUT2D eigenvalue weighted by molar-refractivity contribution is 1.26. The minimum Gasteiger partial charge on any atom is -0.311 e. The van der Waals surface area contributed by atoms with Crippen molar-refractivity contribution in [3.63, 3.8) is 0 Å². The number of fused-ring (bicyclic) bond motifs is 3. The van der Waals surface area contributed by atoms with Crippen LogP contribution in [0.1, 0.15) is 16.7 Å². The van der Waals surface area contributed by atoms with Gasteiger partial charge in [-0.15, -0.1) is 0 Å². The Labute approximate surface area is 195 Å². The maximum Gasteiger partial charge on any atom is 0.0462 e. The molecule has 5 aromatic carbocycles. The molecule has 0 saturated heterocycles. The largest absolute Gasteiger partial charge is 0.311 e. The van der Waals surface area contributed by atoms with Gasteiger partial charge in [0.2, 0.25) is 0 Å². The summed E-state index contributed by atoms with van der Waals surface area (Å²) in [5.41, 5.74) is 12.9. The van der Waals surface area contributed by atoms with Crippen molar-refractivity contribution in [2.45, 2.75) is 13.3 Å². The van der Waals surface area contributed by atoms with Gasteiger partial charge in [0, 0.05) is 17.1 Å². The summed E-state index contributed by atoms with van der Waals surface area (Å²) in [5, 5.41) is 0. The first-order valence-electron chi connectivity index (χ1n) is 11.5. The van der Waals surface area contributed by atoms with Gasteiger partial charge in [-0.05, 0) is 89.2 Å². The van der Waals surface area contributed by atoms with E-state index >= 15 is 0 Å². The van der Waals surface area contributed by atoms with Crippen LogP contribution in [0.2, 0.25) is 0 Å². The fourth-order valence-corrected chi connectivity index (χ4v) is 4.87. The third-order valence-electron chi connectivity index (χ3n) is 6.53. The van der Waals surface area contributed by atoms with E-state index in [9.17, 15) is 0 Å². The standard InChI is InChI=1S/C32H25N/c1-23-12-13-26-21-27-15-14-25(22-32(27)31(26)20-23)24-16-18-30(19-17-24)33(28-8-4-2-5-9-28)29-10-6-3-7-11-29/h2-20,22H,21H2,1H3. The van der Waals surface area contributed by atoms with E-state index in [0.29, 0.717) is 0 Å². The van der Waals surface area contributed by atoms with Gasteiger partial charge in [-0.3, -0.25) is 0 Å². The highest BCUT2D eigenvalue weighted by molar-refractivity contribution is 5.83. The summed E-state index contributed by atoms with van der Waals surface area (Å²) in [6.07, 6.45) is 1.03. The molecular weight excluding hydrogens is 398 g/mol. The number of aryl methyl sites for hydroxylation is 1. The zero-order chi connectivity index (χ0) is 22.2. The Morgan fingerprint density at radius 3 is 1.64 bits per heavy atom. The summed E-state index contributed by atoms with van der Waals surface area (Å²) < 4.78 is 0. The lowest BCUT2D eigenvalue weighted by Gasteiger charge is -2.25. The predicted molar refractivity (Wildman–Crippen MR) is 140 cm³/mol. The molecule has 0 fully saturated rings. The lowest BCUT2D eigenvalue weighted by atomic mass is 9.98. The molecule has 0 radical (unpaired) electrons. The van der Waals surface area contributed by atoms with Crippen molar-refractivity contribution in [3.05, 3.63) is 138 Å². The number of rotatable bonds is 4. The quantitative estimate of drug-likeness (QED) is 0.274. The van der Waals surface area contributed by atoms with Crippen molar-refractivity contribution in [2.75, 3.05) is 4.90 Å². The van der Waals surface area contributed by atoms with Gasteiger partial charge in [-0.2, -0.15) is 0 Å². The number of para-hydroxylation sites is 2. The third kappa shape index (κ3) is 3.62. The van der Waals surface area contributed by atoms with E-state index < -0.39 is 0 Å². The maximum absolute atomic E-state index is 2.36. The molecule has 0 bridgehead atoms. The van der Waals surface area contributed by atoms with Gasteiger partial charge in [0.25, 0.3) is 0 Å². The average Bonchev–Trinajstić information content (AvgIpc) is 3.23. The van der Waals surface area contributed by atoms with Crippen LogP contribution in [0.15, 0.2) is 121 Å². The summed E-state index contributed by atoms with van der Waals surface area (Å²) in [6.45, 7) is 2.17. The molecule has 1 aliphatic carbocycles. The van der Waals surface area contributed by atoms with Crippen molar-refractivity contribution in [2.24, 2.45) is 0 Å². The van der Waals surface area contributed by atoms with Crippen molar-refractivity contribution in [1.29, 1.82) is 0 Å². The topological polar surface area (TPSA) is 3.24 Å². The lowest BCUT2D eigenvalue weighted by Crippen LogP contribution is -2.09. The summed E-state index contributed by atoms with van der Waals surface area (Å²) in [4.78, 5) is 2.30. The minimum atomic E-state index is 1.03. The zero-order valence-corrected chi connectivity index (χ0v) is 18.7. The molecule has 1 nitrogen and oxygen atoms in total. The summed E-state index contributed by atoms with van der Waals surface area (Å²) in [5.74, 6) is 0. The molecule has 0 amide bonds. The second kappa shape index (κ2) is 8.11. The van der Waals surface area contributed by atoms with Gasteiger partial charge in [0.15, 0.2) is 0 Å². The Kier molecular flexibility index (Phi) is 4.81. The smallest absolute Gasteiger partial charge is 0.0462 e. The summed E-state index contributed by atoms with van der Waals surface area (Å²) in [7, 11) is 0. The molecule has 6 rings (SSSR count). The number of anilines is 3. The van der Waals surface area contributed by atoms with Gasteiger partial charge in [0.1, 0.15) is 0 Å². The Hall–Kier alpha value is -4.10. The molecule has 0 unspecified atom stereocenters. The molecule has 0 N–H and O–H groups in total. The van der Waals surface area contributed by atoms with Crippen LogP contribution in [0.25, 0.3) is 22.3 Å². The third-order valence-corrected chi connectivity index (χ3v) is 6.53. The Bertz CT molecular complexity index is 1380. The normalized spacial score (nSPS) is 11.7. The number of nitrogens with zero attached hydrogens (tertiary/aromatic N) is 1. The first-order valence-corrected chi connectivity index (χ1v) is 11.5. The van der Waals surface area contributed by atoms with E-state index in [0.717, 1.165) is 23.5 Å². The molecule has 158 valence electrons. The summed E-state index contributed by atoms with van der Waals surface area (Å²) in [6, 6.07) is 43.7. The van der Waals surface area contributed by atoms with Crippen LogP contribution in [-0.4, -0.2) is 0 Å². The van der Waals surface area contributed by atoms with E-state index in [1.54, 1.807) is 0 Å². The number of hydrogen-bond acceptors (Lipinski definition) is 1.